The number of amides is 1. The van der Waals surface area contributed by atoms with E-state index in [1.807, 2.05) is 55.5 Å². The zero-order chi connectivity index (χ0) is 27.2. The number of hydrogen-bond acceptors (Lipinski definition) is 5. The number of nitrogens with zero attached hydrogens (tertiary/aromatic N) is 1. The molecule has 4 aromatic rings. The van der Waals surface area contributed by atoms with Crippen LogP contribution in [0.3, 0.4) is 0 Å². The molecule has 3 N–H and O–H groups in total. The number of rotatable bonds is 11. The Balaban J connectivity index is 1.24. The number of aromatic amines is 1. The maximum atomic E-state index is 12.5. The SMILES string of the molecule is Cc1ccc(C(=O)OCCN(CCc2c[nH]c3ccccc23)Cc2ccc(C3C#CC3C(=O)NO)cc2)cc1. The summed E-state index contributed by atoms with van der Waals surface area (Å²) in [5.41, 5.74) is 7.77. The highest BCUT2D eigenvalue weighted by atomic mass is 16.5. The first kappa shape index (κ1) is 26.2. The molecule has 1 heterocycles. The van der Waals surface area contributed by atoms with Crippen molar-refractivity contribution in [3.63, 3.8) is 0 Å². The van der Waals surface area contributed by atoms with E-state index in [0.717, 1.165) is 35.2 Å². The highest BCUT2D eigenvalue weighted by Gasteiger charge is 2.32. The summed E-state index contributed by atoms with van der Waals surface area (Å²) in [6, 6.07) is 23.7. The van der Waals surface area contributed by atoms with Gasteiger partial charge in [0.15, 0.2) is 0 Å². The first-order chi connectivity index (χ1) is 19.0. The predicted octanol–water partition coefficient (Wildman–Crippen LogP) is 4.60. The minimum Gasteiger partial charge on any atom is -0.461 e. The Labute approximate surface area is 227 Å². The lowest BCUT2D eigenvalue weighted by Gasteiger charge is -2.24. The minimum atomic E-state index is -0.531. The van der Waals surface area contributed by atoms with Crippen molar-refractivity contribution in [3.05, 3.63) is 107 Å². The van der Waals surface area contributed by atoms with Crippen molar-refractivity contribution < 1.29 is 19.5 Å². The van der Waals surface area contributed by atoms with E-state index in [-0.39, 0.29) is 18.5 Å². The van der Waals surface area contributed by atoms with Gasteiger partial charge in [-0.05, 0) is 48.2 Å². The highest BCUT2D eigenvalue weighted by molar-refractivity contribution is 5.89. The molecule has 0 radical (unpaired) electrons. The molecular weight excluding hydrogens is 490 g/mol. The van der Waals surface area contributed by atoms with Gasteiger partial charge in [-0.15, -0.1) is 0 Å². The normalized spacial score (nSPS) is 15.9. The third-order valence-electron chi connectivity index (χ3n) is 7.17. The van der Waals surface area contributed by atoms with Gasteiger partial charge in [-0.25, -0.2) is 10.3 Å². The lowest BCUT2D eigenvalue weighted by atomic mass is 9.79. The number of H-pyrrole nitrogens is 1. The molecule has 0 fully saturated rings. The number of para-hydroxylation sites is 1. The molecule has 0 saturated heterocycles. The maximum absolute atomic E-state index is 12.5. The third-order valence-corrected chi connectivity index (χ3v) is 7.17. The van der Waals surface area contributed by atoms with Crippen LogP contribution in [0.4, 0.5) is 0 Å². The summed E-state index contributed by atoms with van der Waals surface area (Å²) < 4.78 is 5.60. The maximum Gasteiger partial charge on any atom is 0.338 e. The molecule has 0 spiro atoms. The molecule has 198 valence electrons. The number of benzene rings is 3. The van der Waals surface area contributed by atoms with Crippen LogP contribution >= 0.6 is 0 Å². The molecule has 3 aromatic carbocycles. The first-order valence-electron chi connectivity index (χ1n) is 13.1. The van der Waals surface area contributed by atoms with E-state index in [4.69, 9.17) is 9.94 Å². The molecular formula is C32H31N3O4. The fourth-order valence-corrected chi connectivity index (χ4v) is 4.83. The van der Waals surface area contributed by atoms with Crippen molar-refractivity contribution in [2.24, 2.45) is 5.92 Å². The molecule has 7 nitrogen and oxygen atoms in total. The summed E-state index contributed by atoms with van der Waals surface area (Å²) in [5.74, 6) is 4.27. The van der Waals surface area contributed by atoms with E-state index in [2.05, 4.69) is 40.1 Å². The van der Waals surface area contributed by atoms with E-state index in [0.29, 0.717) is 18.7 Å². The zero-order valence-corrected chi connectivity index (χ0v) is 21.8. The Bertz CT molecular complexity index is 1510. The quantitative estimate of drug-likeness (QED) is 0.116. The van der Waals surface area contributed by atoms with Crippen LogP contribution < -0.4 is 5.48 Å². The summed E-state index contributed by atoms with van der Waals surface area (Å²) in [5, 5.41) is 10.1. The number of hydrogen-bond donors (Lipinski definition) is 3. The molecule has 7 heteroatoms. The van der Waals surface area contributed by atoms with Gasteiger partial charge < -0.3 is 9.72 Å². The topological polar surface area (TPSA) is 94.7 Å². The van der Waals surface area contributed by atoms with Crippen LogP contribution in [0.1, 0.15) is 38.5 Å². The van der Waals surface area contributed by atoms with E-state index < -0.39 is 11.8 Å². The highest BCUT2D eigenvalue weighted by Crippen LogP contribution is 2.30. The van der Waals surface area contributed by atoms with E-state index in [1.54, 1.807) is 17.6 Å². The van der Waals surface area contributed by atoms with Gasteiger partial charge in [-0.3, -0.25) is 14.9 Å². The van der Waals surface area contributed by atoms with Gasteiger partial charge >= 0.3 is 5.97 Å². The van der Waals surface area contributed by atoms with Crippen molar-refractivity contribution in [2.45, 2.75) is 25.8 Å². The first-order valence-corrected chi connectivity index (χ1v) is 13.1. The Morgan fingerprint density at radius 1 is 1.00 bits per heavy atom. The average molecular weight is 522 g/mol. The van der Waals surface area contributed by atoms with Gasteiger partial charge in [0.1, 0.15) is 12.5 Å². The number of carbonyl (C=O) groups is 2. The molecule has 39 heavy (non-hydrogen) atoms. The van der Waals surface area contributed by atoms with Gasteiger partial charge in [-0.1, -0.05) is 72.0 Å². The molecule has 2 atom stereocenters. The van der Waals surface area contributed by atoms with Crippen molar-refractivity contribution in [3.8, 4) is 11.8 Å². The van der Waals surface area contributed by atoms with E-state index in [1.165, 1.54) is 10.9 Å². The van der Waals surface area contributed by atoms with E-state index >= 15 is 0 Å². The van der Waals surface area contributed by atoms with Crippen LogP contribution in [0, 0.1) is 24.7 Å². The molecule has 0 bridgehead atoms. The van der Waals surface area contributed by atoms with Gasteiger partial charge in [-0.2, -0.15) is 0 Å². The lowest BCUT2D eigenvalue weighted by Crippen LogP contribution is -2.34. The Morgan fingerprint density at radius 2 is 1.77 bits per heavy atom. The summed E-state index contributed by atoms with van der Waals surface area (Å²) >= 11 is 0. The molecule has 1 amide bonds. The number of ether oxygens (including phenoxy) is 1. The van der Waals surface area contributed by atoms with E-state index in [9.17, 15) is 9.59 Å². The number of fused-ring (bicyclic) bond motifs is 1. The van der Waals surface area contributed by atoms with Gasteiger partial charge in [0.05, 0.1) is 11.5 Å². The standard InChI is InChI=1S/C32H31N3O4/c1-22-6-10-25(11-7-22)32(37)39-19-18-35(17-16-26-20-33-30-5-3-2-4-28(26)30)21-23-8-12-24(13-9-23)27-14-15-29(27)31(36)34-38/h2-13,20,27,29,33,38H,16-19,21H2,1H3,(H,34,36). The molecule has 2 unspecified atom stereocenters. The average Bonchev–Trinajstić information content (AvgIpc) is 3.35. The van der Waals surface area contributed by atoms with Crippen LogP contribution in [0.5, 0.6) is 0 Å². The second kappa shape index (κ2) is 12.0. The van der Waals surface area contributed by atoms with Crippen LogP contribution in [0.2, 0.25) is 0 Å². The minimum absolute atomic E-state index is 0.217. The smallest absolute Gasteiger partial charge is 0.338 e. The summed E-state index contributed by atoms with van der Waals surface area (Å²) in [4.78, 5) is 29.9. The molecule has 0 aliphatic heterocycles. The molecule has 5 rings (SSSR count). The zero-order valence-electron chi connectivity index (χ0n) is 21.8. The molecule has 1 aliphatic rings. The summed E-state index contributed by atoms with van der Waals surface area (Å²) in [7, 11) is 0. The monoisotopic (exact) mass is 521 g/mol. The fourth-order valence-electron chi connectivity index (χ4n) is 4.83. The number of nitrogens with one attached hydrogen (secondary N) is 2. The second-order valence-electron chi connectivity index (χ2n) is 9.85. The van der Waals surface area contributed by atoms with Gasteiger partial charge in [0, 0.05) is 36.7 Å². The number of aryl methyl sites for hydroxylation is 1. The van der Waals surface area contributed by atoms with Crippen LogP contribution in [-0.4, -0.2) is 46.7 Å². The number of esters is 1. The van der Waals surface area contributed by atoms with Crippen molar-refractivity contribution in [1.82, 2.24) is 15.4 Å². The van der Waals surface area contributed by atoms with Gasteiger partial charge in [0.25, 0.3) is 5.91 Å². The van der Waals surface area contributed by atoms with Crippen LogP contribution in [-0.2, 0) is 22.5 Å². The molecule has 1 aliphatic carbocycles. The number of hydroxylamine groups is 1. The second-order valence-corrected chi connectivity index (χ2v) is 9.85. The number of aromatic nitrogens is 1. The molecule has 0 saturated carbocycles. The lowest BCUT2D eigenvalue weighted by molar-refractivity contribution is -0.132. The van der Waals surface area contributed by atoms with Crippen molar-refractivity contribution >= 4 is 22.8 Å². The Hall–Kier alpha value is -4.38. The predicted molar refractivity (Wildman–Crippen MR) is 149 cm³/mol. The Morgan fingerprint density at radius 3 is 2.49 bits per heavy atom. The molecule has 1 aromatic heterocycles. The number of carbonyl (C=O) groups excluding carboxylic acids is 2. The summed E-state index contributed by atoms with van der Waals surface area (Å²) in [6.45, 7) is 4.33. The largest absolute Gasteiger partial charge is 0.461 e. The van der Waals surface area contributed by atoms with Gasteiger partial charge in [0.2, 0.25) is 0 Å². The third kappa shape index (κ3) is 6.20. The van der Waals surface area contributed by atoms with Crippen molar-refractivity contribution in [2.75, 3.05) is 19.7 Å². The fraction of sp³-hybridized carbons (Fsp3) is 0.250. The Kier molecular flexibility index (Phi) is 8.07. The van der Waals surface area contributed by atoms with Crippen molar-refractivity contribution in [1.29, 1.82) is 0 Å². The van der Waals surface area contributed by atoms with Crippen LogP contribution in [0.15, 0.2) is 79.0 Å². The summed E-state index contributed by atoms with van der Waals surface area (Å²) in [6.07, 6.45) is 2.91. The van der Waals surface area contributed by atoms with Crippen LogP contribution in [0.25, 0.3) is 10.9 Å².